The largest absolute Gasteiger partial charge is 0.346 e. The van der Waals surface area contributed by atoms with E-state index in [0.29, 0.717) is 27.7 Å². The number of nitrogens with one attached hydrogen (secondary N) is 2. The average molecular weight is 392 g/mol. The smallest absolute Gasteiger partial charge is 0.265 e. The zero-order chi connectivity index (χ0) is 17.8. The minimum atomic E-state index is -0.257. The van der Waals surface area contributed by atoms with Gasteiger partial charge in [-0.3, -0.25) is 9.59 Å². The Labute approximate surface area is 157 Å². The molecule has 0 spiro atoms. The normalized spacial score (nSPS) is 10.5. The molecule has 3 aromatic rings. The molecule has 0 saturated heterocycles. The van der Waals surface area contributed by atoms with Crippen molar-refractivity contribution in [2.75, 3.05) is 5.32 Å². The molecule has 0 fully saturated rings. The molecule has 0 radical (unpaired) electrons. The molecule has 0 atom stereocenters. The number of halogens is 1. The van der Waals surface area contributed by atoms with Crippen LogP contribution < -0.4 is 10.6 Å². The van der Waals surface area contributed by atoms with Gasteiger partial charge in [-0.25, -0.2) is 4.98 Å². The van der Waals surface area contributed by atoms with E-state index in [1.807, 2.05) is 17.7 Å². The Hall–Kier alpha value is -2.22. The van der Waals surface area contributed by atoms with Gasteiger partial charge in [0.2, 0.25) is 0 Å². The molecule has 8 heteroatoms. The summed E-state index contributed by atoms with van der Waals surface area (Å²) in [4.78, 5) is 29.3. The molecule has 1 aromatic carbocycles. The lowest BCUT2D eigenvalue weighted by molar-refractivity contribution is 0.0949. The van der Waals surface area contributed by atoms with Crippen LogP contribution in [0.25, 0.3) is 0 Å². The first-order chi connectivity index (χ1) is 12.0. The van der Waals surface area contributed by atoms with Crippen molar-refractivity contribution >= 4 is 51.8 Å². The van der Waals surface area contributed by atoms with E-state index in [1.165, 1.54) is 22.7 Å². The van der Waals surface area contributed by atoms with E-state index in [-0.39, 0.29) is 11.8 Å². The Morgan fingerprint density at radius 3 is 2.72 bits per heavy atom. The first kappa shape index (κ1) is 17.6. The lowest BCUT2D eigenvalue weighted by atomic mass is 10.2. The van der Waals surface area contributed by atoms with Gasteiger partial charge < -0.3 is 10.6 Å². The van der Waals surface area contributed by atoms with Gasteiger partial charge in [-0.15, -0.1) is 22.7 Å². The predicted octanol–water partition coefficient (Wildman–Crippen LogP) is 4.35. The second-order valence-electron chi connectivity index (χ2n) is 5.19. The second kappa shape index (κ2) is 7.77. The van der Waals surface area contributed by atoms with Gasteiger partial charge in [0.05, 0.1) is 22.1 Å². The van der Waals surface area contributed by atoms with Gasteiger partial charge in [-0.2, -0.15) is 0 Å². The highest BCUT2D eigenvalue weighted by Crippen LogP contribution is 2.24. The standard InChI is InChI=1S/C17H14ClN3O2S2/c1-10-9-25-15(20-10)8-19-16(22)11-4-5-12(18)13(7-11)21-17(23)14-3-2-6-24-14/h2-7,9H,8H2,1H3,(H,19,22)(H,21,23). The fraction of sp³-hybridized carbons (Fsp3) is 0.118. The maximum absolute atomic E-state index is 12.3. The lowest BCUT2D eigenvalue weighted by Crippen LogP contribution is -2.23. The van der Waals surface area contributed by atoms with E-state index in [2.05, 4.69) is 15.6 Å². The summed E-state index contributed by atoms with van der Waals surface area (Å²) in [6.45, 7) is 2.26. The van der Waals surface area contributed by atoms with Crippen LogP contribution in [0.5, 0.6) is 0 Å². The predicted molar refractivity (Wildman–Crippen MR) is 102 cm³/mol. The van der Waals surface area contributed by atoms with Crippen molar-refractivity contribution in [2.45, 2.75) is 13.5 Å². The molecule has 128 valence electrons. The van der Waals surface area contributed by atoms with Crippen molar-refractivity contribution in [1.82, 2.24) is 10.3 Å². The summed E-state index contributed by atoms with van der Waals surface area (Å²) in [5.74, 6) is -0.510. The van der Waals surface area contributed by atoms with E-state index < -0.39 is 0 Å². The lowest BCUT2D eigenvalue weighted by Gasteiger charge is -2.09. The van der Waals surface area contributed by atoms with Crippen LogP contribution in [-0.2, 0) is 6.54 Å². The number of aromatic nitrogens is 1. The number of hydrogen-bond acceptors (Lipinski definition) is 5. The van der Waals surface area contributed by atoms with Gasteiger partial charge in [0.15, 0.2) is 0 Å². The third kappa shape index (κ3) is 4.45. The first-order valence-corrected chi connectivity index (χ1v) is 9.50. The summed E-state index contributed by atoms with van der Waals surface area (Å²) < 4.78 is 0. The van der Waals surface area contributed by atoms with Crippen LogP contribution in [-0.4, -0.2) is 16.8 Å². The highest BCUT2D eigenvalue weighted by Gasteiger charge is 2.13. The Morgan fingerprint density at radius 2 is 2.04 bits per heavy atom. The van der Waals surface area contributed by atoms with Crippen LogP contribution in [0.15, 0.2) is 41.1 Å². The number of anilines is 1. The molecule has 0 aliphatic carbocycles. The van der Waals surface area contributed by atoms with E-state index in [1.54, 1.807) is 30.3 Å². The number of thiazole rings is 1. The van der Waals surface area contributed by atoms with Crippen molar-refractivity contribution in [3.63, 3.8) is 0 Å². The van der Waals surface area contributed by atoms with Crippen LogP contribution >= 0.6 is 34.3 Å². The highest BCUT2D eigenvalue weighted by molar-refractivity contribution is 7.12. The fourth-order valence-electron chi connectivity index (χ4n) is 2.10. The van der Waals surface area contributed by atoms with E-state index in [4.69, 9.17) is 11.6 Å². The van der Waals surface area contributed by atoms with E-state index in [0.717, 1.165) is 10.7 Å². The molecular formula is C17H14ClN3O2S2. The molecule has 25 heavy (non-hydrogen) atoms. The fourth-order valence-corrected chi connectivity index (χ4v) is 3.59. The number of hydrogen-bond donors (Lipinski definition) is 2. The Kier molecular flexibility index (Phi) is 5.47. The van der Waals surface area contributed by atoms with Crippen LogP contribution in [0.2, 0.25) is 5.02 Å². The number of nitrogens with zero attached hydrogens (tertiary/aromatic N) is 1. The molecule has 0 aliphatic heterocycles. The summed E-state index contributed by atoms with van der Waals surface area (Å²) >= 11 is 8.96. The Morgan fingerprint density at radius 1 is 1.20 bits per heavy atom. The molecule has 0 saturated carbocycles. The Bertz CT molecular complexity index is 907. The van der Waals surface area contributed by atoms with Gasteiger partial charge in [-0.1, -0.05) is 17.7 Å². The van der Waals surface area contributed by atoms with Crippen LogP contribution in [0.1, 0.15) is 30.7 Å². The molecule has 5 nitrogen and oxygen atoms in total. The van der Waals surface area contributed by atoms with Gasteiger partial charge in [0.25, 0.3) is 11.8 Å². The molecule has 3 rings (SSSR count). The van der Waals surface area contributed by atoms with Crippen LogP contribution in [0.4, 0.5) is 5.69 Å². The average Bonchev–Trinajstić information content (AvgIpc) is 3.26. The van der Waals surface area contributed by atoms with Gasteiger partial charge in [0.1, 0.15) is 5.01 Å². The van der Waals surface area contributed by atoms with Crippen molar-refractivity contribution in [3.8, 4) is 0 Å². The monoisotopic (exact) mass is 391 g/mol. The molecule has 2 heterocycles. The second-order valence-corrected chi connectivity index (χ2v) is 7.49. The first-order valence-electron chi connectivity index (χ1n) is 7.36. The molecule has 0 aliphatic rings. The highest BCUT2D eigenvalue weighted by atomic mass is 35.5. The van der Waals surface area contributed by atoms with Crippen molar-refractivity contribution in [2.24, 2.45) is 0 Å². The van der Waals surface area contributed by atoms with Crippen LogP contribution in [0.3, 0.4) is 0 Å². The summed E-state index contributed by atoms with van der Waals surface area (Å²) in [5.41, 5.74) is 1.75. The van der Waals surface area contributed by atoms with Crippen LogP contribution in [0, 0.1) is 6.92 Å². The van der Waals surface area contributed by atoms with Crippen molar-refractivity contribution < 1.29 is 9.59 Å². The zero-order valence-corrected chi connectivity index (χ0v) is 15.6. The summed E-state index contributed by atoms with van der Waals surface area (Å²) in [6.07, 6.45) is 0. The van der Waals surface area contributed by atoms with E-state index in [9.17, 15) is 9.59 Å². The van der Waals surface area contributed by atoms with Gasteiger partial charge in [0, 0.05) is 16.6 Å². The number of amides is 2. The third-order valence-electron chi connectivity index (χ3n) is 3.29. The maximum Gasteiger partial charge on any atom is 0.265 e. The van der Waals surface area contributed by atoms with Gasteiger partial charge in [-0.05, 0) is 36.6 Å². The number of carbonyl (C=O) groups excluding carboxylic acids is 2. The summed E-state index contributed by atoms with van der Waals surface area (Å²) in [5, 5.41) is 10.5. The molecular weight excluding hydrogens is 378 g/mol. The third-order valence-corrected chi connectivity index (χ3v) is 5.45. The quantitative estimate of drug-likeness (QED) is 0.679. The topological polar surface area (TPSA) is 71.1 Å². The number of aryl methyl sites for hydroxylation is 1. The van der Waals surface area contributed by atoms with E-state index >= 15 is 0 Å². The Balaban J connectivity index is 1.69. The molecule has 0 unspecified atom stereocenters. The number of rotatable bonds is 5. The number of carbonyl (C=O) groups is 2. The maximum atomic E-state index is 12.3. The summed E-state index contributed by atoms with van der Waals surface area (Å²) in [6, 6.07) is 8.29. The minimum absolute atomic E-state index is 0.254. The number of thiophene rings is 1. The SMILES string of the molecule is Cc1csc(CNC(=O)c2ccc(Cl)c(NC(=O)c3cccs3)c2)n1. The van der Waals surface area contributed by atoms with Gasteiger partial charge >= 0.3 is 0 Å². The minimum Gasteiger partial charge on any atom is -0.346 e. The van der Waals surface area contributed by atoms with Crippen molar-refractivity contribution in [1.29, 1.82) is 0 Å². The molecule has 2 N–H and O–H groups in total. The summed E-state index contributed by atoms with van der Waals surface area (Å²) in [7, 11) is 0. The van der Waals surface area contributed by atoms with Crippen molar-refractivity contribution in [3.05, 3.63) is 67.3 Å². The molecule has 0 bridgehead atoms. The number of benzene rings is 1. The zero-order valence-electron chi connectivity index (χ0n) is 13.2. The molecule has 2 aromatic heterocycles. The molecule has 2 amide bonds.